The second kappa shape index (κ2) is 7.75. The number of carbonyl (C=O) groups is 1. The fourth-order valence-corrected chi connectivity index (χ4v) is 4.70. The van der Waals surface area contributed by atoms with Crippen LogP contribution in [0.3, 0.4) is 0 Å². The van der Waals surface area contributed by atoms with Crippen molar-refractivity contribution in [3.05, 3.63) is 101 Å². The van der Waals surface area contributed by atoms with Gasteiger partial charge in [-0.05, 0) is 66.1 Å². The molecule has 3 aromatic carbocycles. The number of nitrogens with one attached hydrogen (secondary N) is 1. The number of hydrogen-bond donors (Lipinski definition) is 1. The van der Waals surface area contributed by atoms with Gasteiger partial charge in [-0.3, -0.25) is 4.79 Å². The standard InChI is InChI=1S/C26H26N2O/c29-26(27-24-10-5-8-20-6-1-3-9-23(20)24)22-14-12-19(13-15-22)18-28-17-16-21-7-2-4-11-25(21)28/h1-4,6-7,9,11-15,24H,5,8,10,16-18H2,(H,27,29)/t24-/m0/s1. The van der Waals surface area contributed by atoms with Gasteiger partial charge in [-0.25, -0.2) is 0 Å². The monoisotopic (exact) mass is 382 g/mol. The molecule has 1 atom stereocenters. The third-order valence-corrected chi connectivity index (χ3v) is 6.25. The van der Waals surface area contributed by atoms with Crippen molar-refractivity contribution in [3.63, 3.8) is 0 Å². The molecule has 1 heterocycles. The summed E-state index contributed by atoms with van der Waals surface area (Å²) in [7, 11) is 0. The Hall–Kier alpha value is -3.07. The summed E-state index contributed by atoms with van der Waals surface area (Å²) in [6.07, 6.45) is 4.35. The molecule has 0 spiro atoms. The molecule has 0 unspecified atom stereocenters. The van der Waals surface area contributed by atoms with Gasteiger partial charge in [0, 0.05) is 24.3 Å². The molecule has 1 amide bonds. The molecule has 1 N–H and O–H groups in total. The van der Waals surface area contributed by atoms with E-state index in [-0.39, 0.29) is 11.9 Å². The maximum absolute atomic E-state index is 12.8. The average Bonchev–Trinajstić information content (AvgIpc) is 3.17. The Balaban J connectivity index is 1.26. The molecule has 3 heteroatoms. The molecular formula is C26H26N2O. The molecule has 146 valence electrons. The Kier molecular flexibility index (Phi) is 4.81. The summed E-state index contributed by atoms with van der Waals surface area (Å²) in [5, 5.41) is 3.25. The lowest BCUT2D eigenvalue weighted by molar-refractivity contribution is 0.0932. The zero-order chi connectivity index (χ0) is 19.6. The van der Waals surface area contributed by atoms with E-state index in [9.17, 15) is 4.79 Å². The first-order valence-electron chi connectivity index (χ1n) is 10.6. The summed E-state index contributed by atoms with van der Waals surface area (Å²) in [6, 6.07) is 25.3. The summed E-state index contributed by atoms with van der Waals surface area (Å²) in [4.78, 5) is 15.2. The molecular weight excluding hydrogens is 356 g/mol. The highest BCUT2D eigenvalue weighted by Crippen LogP contribution is 2.30. The summed E-state index contributed by atoms with van der Waals surface area (Å²) in [5.74, 6) is 0.0183. The normalized spacial score (nSPS) is 17.5. The molecule has 0 saturated heterocycles. The van der Waals surface area contributed by atoms with Crippen LogP contribution < -0.4 is 10.2 Å². The lowest BCUT2D eigenvalue weighted by Gasteiger charge is -2.26. The van der Waals surface area contributed by atoms with Gasteiger partial charge in [0.15, 0.2) is 0 Å². The summed E-state index contributed by atoms with van der Waals surface area (Å²) < 4.78 is 0. The van der Waals surface area contributed by atoms with Gasteiger partial charge in [-0.2, -0.15) is 0 Å². The van der Waals surface area contributed by atoms with Crippen molar-refractivity contribution >= 4 is 11.6 Å². The van der Waals surface area contributed by atoms with E-state index in [1.807, 2.05) is 12.1 Å². The number of benzene rings is 3. The van der Waals surface area contributed by atoms with Gasteiger partial charge < -0.3 is 10.2 Å². The first-order valence-corrected chi connectivity index (χ1v) is 10.6. The lowest BCUT2D eigenvalue weighted by atomic mass is 9.87. The van der Waals surface area contributed by atoms with Gasteiger partial charge in [-0.1, -0.05) is 54.6 Å². The van der Waals surface area contributed by atoms with Gasteiger partial charge in [-0.15, -0.1) is 0 Å². The van der Waals surface area contributed by atoms with Crippen molar-refractivity contribution in [1.82, 2.24) is 5.32 Å². The number of aryl methyl sites for hydroxylation is 1. The Morgan fingerprint density at radius 2 is 1.66 bits per heavy atom. The minimum absolute atomic E-state index is 0.0183. The minimum Gasteiger partial charge on any atom is -0.367 e. The van der Waals surface area contributed by atoms with E-state index in [1.165, 1.54) is 27.9 Å². The van der Waals surface area contributed by atoms with Gasteiger partial charge in [0.1, 0.15) is 0 Å². The van der Waals surface area contributed by atoms with Crippen molar-refractivity contribution < 1.29 is 4.79 Å². The molecule has 2 aliphatic rings. The highest BCUT2D eigenvalue weighted by molar-refractivity contribution is 5.94. The number of rotatable bonds is 4. The lowest BCUT2D eigenvalue weighted by Crippen LogP contribution is -2.31. The molecule has 3 nitrogen and oxygen atoms in total. The van der Waals surface area contributed by atoms with E-state index in [1.54, 1.807) is 0 Å². The molecule has 3 aromatic rings. The third-order valence-electron chi connectivity index (χ3n) is 6.25. The quantitative estimate of drug-likeness (QED) is 0.684. The van der Waals surface area contributed by atoms with Crippen LogP contribution >= 0.6 is 0 Å². The van der Waals surface area contributed by atoms with E-state index in [0.717, 1.165) is 44.3 Å². The van der Waals surface area contributed by atoms with Crippen molar-refractivity contribution in [2.45, 2.75) is 38.3 Å². The molecule has 1 aliphatic heterocycles. The smallest absolute Gasteiger partial charge is 0.251 e. The summed E-state index contributed by atoms with van der Waals surface area (Å²) in [5.41, 5.74) is 7.38. The van der Waals surface area contributed by atoms with Crippen LogP contribution in [-0.2, 0) is 19.4 Å². The van der Waals surface area contributed by atoms with E-state index < -0.39 is 0 Å². The van der Waals surface area contributed by atoms with Gasteiger partial charge >= 0.3 is 0 Å². The number of amides is 1. The van der Waals surface area contributed by atoms with Crippen LogP contribution in [-0.4, -0.2) is 12.5 Å². The van der Waals surface area contributed by atoms with Crippen molar-refractivity contribution in [3.8, 4) is 0 Å². The van der Waals surface area contributed by atoms with Gasteiger partial charge in [0.05, 0.1) is 6.04 Å². The Morgan fingerprint density at radius 3 is 2.52 bits per heavy atom. The van der Waals surface area contributed by atoms with Gasteiger partial charge in [0.2, 0.25) is 0 Å². The predicted molar refractivity (Wildman–Crippen MR) is 117 cm³/mol. The highest BCUT2D eigenvalue weighted by Gasteiger charge is 2.22. The second-order valence-corrected chi connectivity index (χ2v) is 8.11. The Labute approximate surface area is 172 Å². The molecule has 0 bridgehead atoms. The second-order valence-electron chi connectivity index (χ2n) is 8.11. The zero-order valence-electron chi connectivity index (χ0n) is 16.6. The van der Waals surface area contributed by atoms with Crippen LogP contribution in [0.4, 0.5) is 5.69 Å². The minimum atomic E-state index is 0.0183. The molecule has 0 saturated carbocycles. The molecule has 0 aromatic heterocycles. The van der Waals surface area contributed by atoms with Crippen LogP contribution in [0.5, 0.6) is 0 Å². The predicted octanol–water partition coefficient (Wildman–Crippen LogP) is 5.06. The summed E-state index contributed by atoms with van der Waals surface area (Å²) in [6.45, 7) is 1.94. The first kappa shape index (κ1) is 18.0. The van der Waals surface area contributed by atoms with Crippen molar-refractivity contribution in [2.24, 2.45) is 0 Å². The van der Waals surface area contributed by atoms with Crippen LogP contribution in [0.15, 0.2) is 72.8 Å². The van der Waals surface area contributed by atoms with Crippen molar-refractivity contribution in [2.75, 3.05) is 11.4 Å². The Bertz CT molecular complexity index is 1020. The maximum atomic E-state index is 12.8. The topological polar surface area (TPSA) is 32.3 Å². The average molecular weight is 383 g/mol. The maximum Gasteiger partial charge on any atom is 0.251 e. The first-order chi connectivity index (χ1) is 14.3. The molecule has 5 rings (SSSR count). The molecule has 0 fully saturated rings. The van der Waals surface area contributed by atoms with Crippen LogP contribution in [0.1, 0.15) is 51.5 Å². The highest BCUT2D eigenvalue weighted by atomic mass is 16.1. The molecule has 0 radical (unpaired) electrons. The van der Waals surface area contributed by atoms with Crippen LogP contribution in [0, 0.1) is 0 Å². The molecule has 29 heavy (non-hydrogen) atoms. The van der Waals surface area contributed by atoms with E-state index in [2.05, 4.69) is 70.9 Å². The van der Waals surface area contributed by atoms with E-state index >= 15 is 0 Å². The van der Waals surface area contributed by atoms with Gasteiger partial charge in [0.25, 0.3) is 5.91 Å². The van der Waals surface area contributed by atoms with Crippen LogP contribution in [0.25, 0.3) is 0 Å². The van der Waals surface area contributed by atoms with E-state index in [0.29, 0.717) is 0 Å². The van der Waals surface area contributed by atoms with Crippen molar-refractivity contribution in [1.29, 1.82) is 0 Å². The Morgan fingerprint density at radius 1 is 0.897 bits per heavy atom. The summed E-state index contributed by atoms with van der Waals surface area (Å²) >= 11 is 0. The zero-order valence-corrected chi connectivity index (χ0v) is 16.6. The number of carbonyl (C=O) groups excluding carboxylic acids is 1. The fourth-order valence-electron chi connectivity index (χ4n) is 4.70. The number of hydrogen-bond acceptors (Lipinski definition) is 2. The number of para-hydroxylation sites is 1. The largest absolute Gasteiger partial charge is 0.367 e. The fraction of sp³-hybridized carbons (Fsp3) is 0.269. The molecule has 1 aliphatic carbocycles. The van der Waals surface area contributed by atoms with Crippen LogP contribution in [0.2, 0.25) is 0 Å². The number of nitrogens with zero attached hydrogens (tertiary/aromatic N) is 1. The number of fused-ring (bicyclic) bond motifs is 2. The number of anilines is 1. The SMILES string of the molecule is O=C(N[C@H]1CCCc2ccccc21)c1ccc(CN2CCc3ccccc32)cc1. The van der Waals surface area contributed by atoms with E-state index in [4.69, 9.17) is 0 Å². The third kappa shape index (κ3) is 3.65.